The molecule has 0 saturated heterocycles. The Kier molecular flexibility index (Phi) is 5.09. The van der Waals surface area contributed by atoms with Crippen LogP contribution in [0.3, 0.4) is 0 Å². The van der Waals surface area contributed by atoms with Crippen LogP contribution in [0.25, 0.3) is 0 Å². The Morgan fingerprint density at radius 2 is 1.80 bits per heavy atom. The third kappa shape index (κ3) is 4.24. The van der Waals surface area contributed by atoms with Gasteiger partial charge in [-0.1, -0.05) is 25.5 Å². The van der Waals surface area contributed by atoms with Crippen molar-refractivity contribution in [3.8, 4) is 5.75 Å². The van der Waals surface area contributed by atoms with Crippen LogP contribution in [-0.2, 0) is 0 Å². The van der Waals surface area contributed by atoms with E-state index >= 15 is 0 Å². The zero-order valence-corrected chi connectivity index (χ0v) is 13.4. The quantitative estimate of drug-likeness (QED) is 0.742. The SMILES string of the molecule is CCCC1(CNC(C)c2ccc(OC(C)C)cc2)CC1. The molecule has 0 aliphatic heterocycles. The molecular formula is C18H29NO. The molecular weight excluding hydrogens is 246 g/mol. The van der Waals surface area contributed by atoms with Crippen LogP contribution >= 0.6 is 0 Å². The summed E-state index contributed by atoms with van der Waals surface area (Å²) < 4.78 is 5.68. The van der Waals surface area contributed by atoms with Crippen molar-refractivity contribution < 1.29 is 4.74 Å². The predicted octanol–water partition coefficient (Wildman–Crippen LogP) is 4.70. The molecule has 1 aliphatic rings. The van der Waals surface area contributed by atoms with Gasteiger partial charge < -0.3 is 10.1 Å². The lowest BCUT2D eigenvalue weighted by Gasteiger charge is -2.20. The summed E-state index contributed by atoms with van der Waals surface area (Å²) in [5.74, 6) is 0.959. The second-order valence-corrected chi connectivity index (χ2v) is 6.59. The maximum absolute atomic E-state index is 5.68. The van der Waals surface area contributed by atoms with Crippen molar-refractivity contribution in [1.29, 1.82) is 0 Å². The van der Waals surface area contributed by atoms with Crippen LogP contribution in [0.1, 0.15) is 65.0 Å². The van der Waals surface area contributed by atoms with E-state index in [0.717, 1.165) is 12.3 Å². The van der Waals surface area contributed by atoms with Crippen LogP contribution < -0.4 is 10.1 Å². The van der Waals surface area contributed by atoms with Crippen LogP contribution in [0, 0.1) is 5.41 Å². The van der Waals surface area contributed by atoms with E-state index in [-0.39, 0.29) is 6.10 Å². The normalized spacial score (nSPS) is 18.1. The summed E-state index contributed by atoms with van der Waals surface area (Å²) in [7, 11) is 0. The predicted molar refractivity (Wildman–Crippen MR) is 85.2 cm³/mol. The highest BCUT2D eigenvalue weighted by atomic mass is 16.5. The van der Waals surface area contributed by atoms with Crippen LogP contribution in [0.2, 0.25) is 0 Å². The van der Waals surface area contributed by atoms with Gasteiger partial charge in [0.2, 0.25) is 0 Å². The van der Waals surface area contributed by atoms with Crippen LogP contribution in [0.15, 0.2) is 24.3 Å². The first-order valence-electron chi connectivity index (χ1n) is 8.05. The maximum atomic E-state index is 5.68. The fraction of sp³-hybridized carbons (Fsp3) is 0.667. The van der Waals surface area contributed by atoms with Gasteiger partial charge in [-0.05, 0) is 63.1 Å². The minimum Gasteiger partial charge on any atom is -0.491 e. The van der Waals surface area contributed by atoms with Crippen molar-refractivity contribution in [1.82, 2.24) is 5.32 Å². The van der Waals surface area contributed by atoms with E-state index in [4.69, 9.17) is 4.74 Å². The monoisotopic (exact) mass is 275 g/mol. The fourth-order valence-electron chi connectivity index (χ4n) is 2.82. The molecule has 1 fully saturated rings. The van der Waals surface area contributed by atoms with Gasteiger partial charge in [-0.2, -0.15) is 0 Å². The molecule has 1 saturated carbocycles. The van der Waals surface area contributed by atoms with Gasteiger partial charge in [0.15, 0.2) is 0 Å². The average Bonchev–Trinajstić information content (AvgIpc) is 3.17. The summed E-state index contributed by atoms with van der Waals surface area (Å²) in [6.07, 6.45) is 5.72. The van der Waals surface area contributed by atoms with E-state index < -0.39 is 0 Å². The van der Waals surface area contributed by atoms with Gasteiger partial charge in [-0.3, -0.25) is 0 Å². The lowest BCUT2D eigenvalue weighted by atomic mass is 9.99. The second-order valence-electron chi connectivity index (χ2n) is 6.59. The van der Waals surface area contributed by atoms with Crippen molar-refractivity contribution in [3.63, 3.8) is 0 Å². The van der Waals surface area contributed by atoms with Gasteiger partial charge in [0.05, 0.1) is 6.10 Å². The highest BCUT2D eigenvalue weighted by Crippen LogP contribution is 2.49. The summed E-state index contributed by atoms with van der Waals surface area (Å²) in [5.41, 5.74) is 1.96. The molecule has 1 aromatic rings. The van der Waals surface area contributed by atoms with Gasteiger partial charge >= 0.3 is 0 Å². The molecule has 20 heavy (non-hydrogen) atoms. The summed E-state index contributed by atoms with van der Waals surface area (Å²) in [6, 6.07) is 8.92. The van der Waals surface area contributed by atoms with E-state index in [1.165, 1.54) is 31.2 Å². The van der Waals surface area contributed by atoms with E-state index in [2.05, 4.69) is 57.3 Å². The summed E-state index contributed by atoms with van der Waals surface area (Å²) >= 11 is 0. The summed E-state index contributed by atoms with van der Waals surface area (Å²) in [5, 5.41) is 3.71. The van der Waals surface area contributed by atoms with Gasteiger partial charge in [0.1, 0.15) is 5.75 Å². The lowest BCUT2D eigenvalue weighted by Crippen LogP contribution is -2.26. The number of hydrogen-bond donors (Lipinski definition) is 1. The molecule has 0 aromatic heterocycles. The van der Waals surface area contributed by atoms with E-state index in [9.17, 15) is 0 Å². The molecule has 1 atom stereocenters. The molecule has 0 heterocycles. The second kappa shape index (κ2) is 6.62. The Labute approximate surface area is 123 Å². The van der Waals surface area contributed by atoms with Crippen LogP contribution in [-0.4, -0.2) is 12.6 Å². The van der Waals surface area contributed by atoms with Crippen LogP contribution in [0.4, 0.5) is 0 Å². The smallest absolute Gasteiger partial charge is 0.119 e. The molecule has 2 nitrogen and oxygen atoms in total. The van der Waals surface area contributed by atoms with Gasteiger partial charge in [0, 0.05) is 12.6 Å². The topological polar surface area (TPSA) is 21.3 Å². The molecule has 1 N–H and O–H groups in total. The minimum absolute atomic E-state index is 0.236. The molecule has 0 bridgehead atoms. The largest absolute Gasteiger partial charge is 0.491 e. The number of nitrogens with one attached hydrogen (secondary N) is 1. The van der Waals surface area contributed by atoms with Crippen molar-refractivity contribution >= 4 is 0 Å². The molecule has 1 aliphatic carbocycles. The minimum atomic E-state index is 0.236. The first-order valence-corrected chi connectivity index (χ1v) is 8.05. The Morgan fingerprint density at radius 3 is 2.30 bits per heavy atom. The Morgan fingerprint density at radius 1 is 1.15 bits per heavy atom. The molecule has 2 heteroatoms. The molecule has 1 unspecified atom stereocenters. The Bertz CT molecular complexity index is 406. The highest BCUT2D eigenvalue weighted by Gasteiger charge is 2.41. The number of benzene rings is 1. The zero-order valence-electron chi connectivity index (χ0n) is 13.4. The molecule has 2 rings (SSSR count). The van der Waals surface area contributed by atoms with E-state index in [0.29, 0.717) is 11.5 Å². The van der Waals surface area contributed by atoms with E-state index in [1.807, 2.05) is 0 Å². The highest BCUT2D eigenvalue weighted by molar-refractivity contribution is 5.29. The standard InChI is InChI=1S/C18H29NO/c1-5-10-18(11-12-18)13-19-15(4)16-6-8-17(9-7-16)20-14(2)3/h6-9,14-15,19H,5,10-13H2,1-4H3. The van der Waals surface area contributed by atoms with Crippen molar-refractivity contribution in [3.05, 3.63) is 29.8 Å². The van der Waals surface area contributed by atoms with Gasteiger partial charge in [0.25, 0.3) is 0 Å². The average molecular weight is 275 g/mol. The Hall–Kier alpha value is -1.02. The number of rotatable bonds is 8. The van der Waals surface area contributed by atoms with Gasteiger partial charge in [-0.15, -0.1) is 0 Å². The first-order chi connectivity index (χ1) is 9.54. The third-order valence-electron chi connectivity index (χ3n) is 4.27. The first kappa shape index (κ1) is 15.4. The van der Waals surface area contributed by atoms with Crippen molar-refractivity contribution in [2.75, 3.05) is 6.54 Å². The maximum Gasteiger partial charge on any atom is 0.119 e. The fourth-order valence-corrected chi connectivity index (χ4v) is 2.82. The number of ether oxygens (including phenoxy) is 1. The molecule has 0 radical (unpaired) electrons. The summed E-state index contributed by atoms with van der Waals surface area (Å²) in [4.78, 5) is 0. The molecule has 112 valence electrons. The van der Waals surface area contributed by atoms with Crippen molar-refractivity contribution in [2.24, 2.45) is 5.41 Å². The molecule has 0 amide bonds. The zero-order chi connectivity index (χ0) is 14.6. The van der Waals surface area contributed by atoms with E-state index in [1.54, 1.807) is 0 Å². The lowest BCUT2D eigenvalue weighted by molar-refractivity contribution is 0.242. The summed E-state index contributed by atoms with van der Waals surface area (Å²) in [6.45, 7) is 9.81. The molecule has 0 spiro atoms. The van der Waals surface area contributed by atoms with Crippen LogP contribution in [0.5, 0.6) is 5.75 Å². The third-order valence-corrected chi connectivity index (χ3v) is 4.27. The Balaban J connectivity index is 1.84. The van der Waals surface area contributed by atoms with Gasteiger partial charge in [-0.25, -0.2) is 0 Å². The molecule has 1 aromatic carbocycles. The van der Waals surface area contributed by atoms with Crippen molar-refractivity contribution in [2.45, 2.75) is 65.5 Å². The number of hydrogen-bond acceptors (Lipinski definition) is 2.